The summed E-state index contributed by atoms with van der Waals surface area (Å²) >= 11 is 9.22. The first-order chi connectivity index (χ1) is 13.3. The molecule has 2 N–H and O–H groups in total. The zero-order chi connectivity index (χ0) is 20.2. The van der Waals surface area contributed by atoms with Crippen LogP contribution in [0.1, 0.15) is 33.8 Å². The van der Waals surface area contributed by atoms with Crippen molar-refractivity contribution in [2.45, 2.75) is 18.9 Å². The van der Waals surface area contributed by atoms with Gasteiger partial charge in [0, 0.05) is 12.1 Å². The Hall–Kier alpha value is -2.52. The third kappa shape index (κ3) is 2.85. The summed E-state index contributed by atoms with van der Waals surface area (Å²) in [5, 5.41) is 9.04. The first-order valence-electron chi connectivity index (χ1n) is 8.33. The number of aliphatic carboxylic acids is 1. The van der Waals surface area contributed by atoms with Gasteiger partial charge in [0.05, 0.1) is 4.47 Å². The van der Waals surface area contributed by atoms with Crippen molar-refractivity contribution in [2.24, 2.45) is 0 Å². The number of allylic oxidation sites excluding steroid dienone is 2. The number of carbonyl (C=O) groups excluding carboxylic acids is 2. The summed E-state index contributed by atoms with van der Waals surface area (Å²) in [6.07, 6.45) is 0.907. The fourth-order valence-electron chi connectivity index (χ4n) is 3.46. The molecule has 2 aliphatic rings. The molecule has 7 nitrogen and oxygen atoms in total. The lowest BCUT2D eigenvalue weighted by molar-refractivity contribution is -0.141. The highest BCUT2D eigenvalue weighted by atomic mass is 79.9. The number of Topliss-reactive ketones (excluding diaryl/α,β-unsaturated/α-hetero) is 2. The monoisotopic (exact) mass is 467 g/mol. The van der Waals surface area contributed by atoms with Crippen LogP contribution in [0.4, 0.5) is 4.39 Å². The highest BCUT2D eigenvalue weighted by molar-refractivity contribution is 9.10. The van der Waals surface area contributed by atoms with E-state index in [4.69, 9.17) is 11.6 Å². The number of hydrogen-bond donors (Lipinski definition) is 2. The van der Waals surface area contributed by atoms with Gasteiger partial charge in [-0.1, -0.05) is 11.6 Å². The van der Waals surface area contributed by atoms with E-state index in [0.29, 0.717) is 24.9 Å². The van der Waals surface area contributed by atoms with Crippen LogP contribution in [0.3, 0.4) is 0 Å². The number of rotatable bonds is 3. The fourth-order valence-corrected chi connectivity index (χ4v) is 3.99. The largest absolute Gasteiger partial charge is 0.480 e. The maximum atomic E-state index is 13.8. The van der Waals surface area contributed by atoms with Gasteiger partial charge in [-0.25, -0.2) is 14.2 Å². The lowest BCUT2D eigenvalue weighted by Gasteiger charge is -2.27. The number of ketones is 2. The summed E-state index contributed by atoms with van der Waals surface area (Å²) < 4.78 is 14.1. The standard InChI is InChI=1S/C18H12BrClFN3O4/c19-8-4-3-7(6-9(8)21)17-22-12-13(23-17)16(26)14(11(20)15(12)25)24-5-1-2-10(24)18(27)28/h3-4,6,10H,1-2,5H2,(H,22,23)(H,27,28)/t10-/m0/s1. The van der Waals surface area contributed by atoms with E-state index in [0.717, 1.165) is 0 Å². The third-order valence-electron chi connectivity index (χ3n) is 4.79. The number of aromatic amines is 1. The van der Waals surface area contributed by atoms with Crippen molar-refractivity contribution >= 4 is 45.1 Å². The van der Waals surface area contributed by atoms with E-state index in [1.807, 2.05) is 0 Å². The lowest BCUT2D eigenvalue weighted by Crippen LogP contribution is -2.40. The molecule has 1 fully saturated rings. The minimum absolute atomic E-state index is 0.0943. The molecular formula is C18H12BrClFN3O4. The smallest absolute Gasteiger partial charge is 0.326 e. The number of aromatic nitrogens is 2. The van der Waals surface area contributed by atoms with Gasteiger partial charge in [0.2, 0.25) is 11.6 Å². The molecule has 0 radical (unpaired) electrons. The summed E-state index contributed by atoms with van der Waals surface area (Å²) in [5.74, 6) is -2.76. The van der Waals surface area contributed by atoms with Crippen LogP contribution in [0.25, 0.3) is 11.4 Å². The quantitative estimate of drug-likeness (QED) is 0.716. The highest BCUT2D eigenvalue weighted by Gasteiger charge is 2.42. The molecule has 28 heavy (non-hydrogen) atoms. The zero-order valence-electron chi connectivity index (χ0n) is 14.1. The van der Waals surface area contributed by atoms with Crippen LogP contribution in [0, 0.1) is 5.82 Å². The van der Waals surface area contributed by atoms with E-state index in [1.54, 1.807) is 6.07 Å². The van der Waals surface area contributed by atoms with Gasteiger partial charge in [-0.2, -0.15) is 0 Å². The SMILES string of the molecule is O=C1C(N2CCC[C@H]2C(=O)O)=C(Cl)C(=O)c2[nH]c(-c3ccc(Br)c(F)c3)nc21. The van der Waals surface area contributed by atoms with Crippen LogP contribution < -0.4 is 0 Å². The van der Waals surface area contributed by atoms with Gasteiger partial charge in [0.25, 0.3) is 0 Å². The van der Waals surface area contributed by atoms with Crippen molar-refractivity contribution in [3.63, 3.8) is 0 Å². The summed E-state index contributed by atoms with van der Waals surface area (Å²) in [7, 11) is 0. The number of carboxylic acids is 1. The fraction of sp³-hybridized carbons (Fsp3) is 0.222. The second-order valence-electron chi connectivity index (χ2n) is 6.45. The summed E-state index contributed by atoms with van der Waals surface area (Å²) in [6.45, 7) is 0.298. The average Bonchev–Trinajstić information content (AvgIpc) is 3.30. The number of fused-ring (bicyclic) bond motifs is 1. The van der Waals surface area contributed by atoms with E-state index in [-0.39, 0.29) is 32.4 Å². The topological polar surface area (TPSA) is 103 Å². The lowest BCUT2D eigenvalue weighted by atomic mass is 10.0. The Kier molecular flexibility index (Phi) is 4.59. The van der Waals surface area contributed by atoms with Gasteiger partial charge in [-0.15, -0.1) is 0 Å². The number of hydrogen-bond acceptors (Lipinski definition) is 5. The predicted molar refractivity (Wildman–Crippen MR) is 101 cm³/mol. The van der Waals surface area contributed by atoms with Crippen molar-refractivity contribution in [3.05, 3.63) is 50.6 Å². The van der Waals surface area contributed by atoms with Crippen LogP contribution >= 0.6 is 27.5 Å². The van der Waals surface area contributed by atoms with E-state index in [9.17, 15) is 23.9 Å². The van der Waals surface area contributed by atoms with Crippen molar-refractivity contribution in [3.8, 4) is 11.4 Å². The Morgan fingerprint density at radius 2 is 2.11 bits per heavy atom. The molecule has 0 saturated carbocycles. The molecule has 1 aromatic carbocycles. The highest BCUT2D eigenvalue weighted by Crippen LogP contribution is 2.35. The molecule has 1 saturated heterocycles. The van der Waals surface area contributed by atoms with Crippen molar-refractivity contribution in [2.75, 3.05) is 6.54 Å². The summed E-state index contributed by atoms with van der Waals surface area (Å²) in [6, 6.07) is 3.33. The second-order valence-corrected chi connectivity index (χ2v) is 7.68. The number of H-pyrrole nitrogens is 1. The maximum Gasteiger partial charge on any atom is 0.326 e. The van der Waals surface area contributed by atoms with Crippen molar-refractivity contribution in [1.29, 1.82) is 0 Å². The summed E-state index contributed by atoms with van der Waals surface area (Å²) in [4.78, 5) is 45.4. The number of imidazole rings is 1. The number of likely N-dealkylation sites (tertiary alicyclic amines) is 1. The zero-order valence-corrected chi connectivity index (χ0v) is 16.5. The molecule has 1 aromatic heterocycles. The normalized spacial score (nSPS) is 19.4. The van der Waals surface area contributed by atoms with Gasteiger partial charge < -0.3 is 15.0 Å². The van der Waals surface area contributed by atoms with Crippen LogP contribution in [0.5, 0.6) is 0 Å². The minimum Gasteiger partial charge on any atom is -0.480 e. The van der Waals surface area contributed by atoms with Gasteiger partial charge >= 0.3 is 5.97 Å². The third-order valence-corrected chi connectivity index (χ3v) is 5.78. The predicted octanol–water partition coefficient (Wildman–Crippen LogP) is 3.36. The Bertz CT molecular complexity index is 1080. The molecule has 1 aliphatic heterocycles. The molecule has 2 aromatic rings. The first kappa shape index (κ1) is 18.8. The van der Waals surface area contributed by atoms with Crippen LogP contribution in [0.2, 0.25) is 0 Å². The Morgan fingerprint density at radius 1 is 1.36 bits per heavy atom. The number of benzene rings is 1. The maximum absolute atomic E-state index is 13.8. The van der Waals surface area contributed by atoms with Crippen LogP contribution in [0.15, 0.2) is 33.4 Å². The Morgan fingerprint density at radius 3 is 2.79 bits per heavy atom. The molecule has 2 heterocycles. The average molecular weight is 469 g/mol. The first-order valence-corrected chi connectivity index (χ1v) is 9.50. The number of halogens is 3. The van der Waals surface area contributed by atoms with Gasteiger partial charge in [0.15, 0.2) is 0 Å². The van der Waals surface area contributed by atoms with Gasteiger partial charge in [0.1, 0.15) is 39.8 Å². The molecule has 0 unspecified atom stereocenters. The second kappa shape index (κ2) is 6.82. The van der Waals surface area contributed by atoms with E-state index < -0.39 is 29.4 Å². The number of nitrogens with zero attached hydrogens (tertiary/aromatic N) is 2. The number of carbonyl (C=O) groups is 3. The van der Waals surface area contributed by atoms with E-state index in [2.05, 4.69) is 25.9 Å². The van der Waals surface area contributed by atoms with Crippen LogP contribution in [-0.2, 0) is 4.79 Å². The number of nitrogens with one attached hydrogen (secondary N) is 1. The Balaban J connectivity index is 1.77. The molecule has 1 aliphatic carbocycles. The molecule has 10 heteroatoms. The van der Waals surface area contributed by atoms with Gasteiger partial charge in [-0.3, -0.25) is 9.59 Å². The molecule has 0 bridgehead atoms. The molecule has 4 rings (SSSR count). The molecule has 0 spiro atoms. The summed E-state index contributed by atoms with van der Waals surface area (Å²) in [5.41, 5.74) is -0.0519. The van der Waals surface area contributed by atoms with Crippen molar-refractivity contribution < 1.29 is 23.9 Å². The van der Waals surface area contributed by atoms with Crippen molar-refractivity contribution in [1.82, 2.24) is 14.9 Å². The van der Waals surface area contributed by atoms with E-state index in [1.165, 1.54) is 17.0 Å². The van der Waals surface area contributed by atoms with E-state index >= 15 is 0 Å². The molecule has 144 valence electrons. The molecular weight excluding hydrogens is 457 g/mol. The molecule has 1 atom stereocenters. The molecule has 0 amide bonds. The van der Waals surface area contributed by atoms with Gasteiger partial charge in [-0.05, 0) is 47.0 Å². The number of carboxylic acid groups (broad SMARTS) is 1. The van der Waals surface area contributed by atoms with Crippen LogP contribution in [-0.4, -0.2) is 50.1 Å². The minimum atomic E-state index is -1.09. The Labute approximate surface area is 171 Å².